The Morgan fingerprint density at radius 1 is 0.741 bits per heavy atom. The molecule has 8 N–H and O–H groups in total. The minimum atomic E-state index is -1.23. The molecule has 0 heterocycles. The summed E-state index contributed by atoms with van der Waals surface area (Å²) in [5.74, 6) is -2.30. The first-order chi connectivity index (χ1) is 10.7. The van der Waals surface area contributed by atoms with Crippen LogP contribution in [0.3, 0.4) is 0 Å². The van der Waals surface area contributed by atoms with Crippen molar-refractivity contribution < 1.29 is 34.8 Å². The molecule has 9 nitrogen and oxygen atoms in total. The molecule has 0 rings (SSSR count). The monoisotopic (exact) mass is 454 g/mol. The predicted molar refractivity (Wildman–Crippen MR) is 112 cm³/mol. The third-order valence-electron chi connectivity index (χ3n) is 2.44. The van der Waals surface area contributed by atoms with Gasteiger partial charge in [-0.05, 0) is 31.6 Å². The van der Waals surface area contributed by atoms with Crippen molar-refractivity contribution in [2.24, 2.45) is 23.3 Å². The standard InChI is InChI=1S/2C6H13NO2.C3H6O3.Ca.ClH.Na.3H/c2*1-4(2)3-5(7)6(8)9;1-2(4)3(5)6;;;;;;/h2*4-5H,3,7H2,1-2H3,(H,8,9);2,4H,1H3,(H,5,6);;1H;;;;/t2*5-;;;;;;;/m00......./s1. The maximum atomic E-state index is 10.1. The van der Waals surface area contributed by atoms with Crippen molar-refractivity contribution >= 4 is 97.6 Å². The van der Waals surface area contributed by atoms with E-state index in [-0.39, 0.29) is 79.7 Å². The predicted octanol–water partition coefficient (Wildman–Crippen LogP) is -0.802. The molecule has 27 heavy (non-hydrogen) atoms. The molecule has 0 aliphatic heterocycles. The molecular formula is C15H36CaClN2NaO7. The molecule has 0 aromatic rings. The minimum absolute atomic E-state index is 0. The van der Waals surface area contributed by atoms with Crippen LogP contribution in [0.25, 0.3) is 0 Å². The fourth-order valence-electron chi connectivity index (χ4n) is 1.22. The topological polar surface area (TPSA) is 184 Å². The molecule has 0 aromatic carbocycles. The molecule has 0 saturated carbocycles. The number of carboxylic acids is 3. The molecule has 158 valence electrons. The van der Waals surface area contributed by atoms with E-state index in [0.29, 0.717) is 24.7 Å². The second-order valence-electron chi connectivity index (χ2n) is 6.16. The second kappa shape index (κ2) is 24.9. The summed E-state index contributed by atoms with van der Waals surface area (Å²) >= 11 is 0. The Balaban J connectivity index is -0.0000000592. The van der Waals surface area contributed by atoms with Crippen molar-refractivity contribution in [1.29, 1.82) is 0 Å². The maximum absolute atomic E-state index is 10.1. The van der Waals surface area contributed by atoms with Crippen molar-refractivity contribution in [3.63, 3.8) is 0 Å². The Kier molecular flexibility index (Phi) is 38.7. The van der Waals surface area contributed by atoms with Crippen LogP contribution in [-0.2, 0) is 14.4 Å². The van der Waals surface area contributed by atoms with Crippen LogP contribution in [0.5, 0.6) is 0 Å². The molecule has 1 unspecified atom stereocenters. The fraction of sp³-hybridized carbons (Fsp3) is 0.800. The van der Waals surface area contributed by atoms with Crippen LogP contribution in [0.15, 0.2) is 0 Å². The third-order valence-corrected chi connectivity index (χ3v) is 2.44. The summed E-state index contributed by atoms with van der Waals surface area (Å²) in [6.45, 7) is 8.99. The zero-order valence-corrected chi connectivity index (χ0v) is 16.2. The Bertz CT molecular complexity index is 363. The van der Waals surface area contributed by atoms with Gasteiger partial charge < -0.3 is 31.9 Å². The van der Waals surface area contributed by atoms with E-state index < -0.39 is 36.1 Å². The van der Waals surface area contributed by atoms with Gasteiger partial charge in [-0.2, -0.15) is 0 Å². The van der Waals surface area contributed by atoms with Crippen molar-refractivity contribution in [3.8, 4) is 0 Å². The molecule has 0 saturated heterocycles. The Morgan fingerprint density at radius 3 is 0.963 bits per heavy atom. The fourth-order valence-corrected chi connectivity index (χ4v) is 1.22. The number of carboxylic acid groups (broad SMARTS) is 3. The van der Waals surface area contributed by atoms with Gasteiger partial charge in [-0.1, -0.05) is 27.7 Å². The Morgan fingerprint density at radius 2 is 0.926 bits per heavy atom. The number of aliphatic hydroxyl groups excluding tert-OH is 1. The molecule has 0 spiro atoms. The summed E-state index contributed by atoms with van der Waals surface area (Å²) in [5.41, 5.74) is 10.4. The average Bonchev–Trinajstić information content (AvgIpc) is 2.38. The molecular weight excluding hydrogens is 419 g/mol. The molecule has 0 amide bonds. The molecule has 3 atom stereocenters. The van der Waals surface area contributed by atoms with Gasteiger partial charge in [0.25, 0.3) is 0 Å². The van der Waals surface area contributed by atoms with Crippen molar-refractivity contribution in [2.75, 3.05) is 0 Å². The summed E-state index contributed by atoms with van der Waals surface area (Å²) in [6.07, 6.45) is -0.130. The first-order valence-electron chi connectivity index (χ1n) is 7.59. The normalized spacial score (nSPS) is 12.2. The van der Waals surface area contributed by atoms with Crippen LogP contribution in [-0.4, -0.2) is 124 Å². The van der Waals surface area contributed by atoms with Crippen molar-refractivity contribution in [1.82, 2.24) is 0 Å². The average molecular weight is 455 g/mol. The number of hydrogen-bond acceptors (Lipinski definition) is 6. The quantitative estimate of drug-likeness (QED) is 0.268. The number of hydrogen-bond donors (Lipinski definition) is 6. The van der Waals surface area contributed by atoms with Crippen molar-refractivity contribution in [2.45, 2.75) is 65.6 Å². The number of nitrogens with two attached hydrogens (primary N) is 2. The molecule has 0 bridgehead atoms. The van der Waals surface area contributed by atoms with Crippen LogP contribution in [0.4, 0.5) is 0 Å². The number of halogens is 1. The summed E-state index contributed by atoms with van der Waals surface area (Å²) < 4.78 is 0. The van der Waals surface area contributed by atoms with Crippen LogP contribution in [0.2, 0.25) is 0 Å². The number of aliphatic hydroxyl groups is 1. The molecule has 0 radical (unpaired) electrons. The first-order valence-corrected chi connectivity index (χ1v) is 7.59. The van der Waals surface area contributed by atoms with E-state index in [2.05, 4.69) is 0 Å². The summed E-state index contributed by atoms with van der Waals surface area (Å²) in [6, 6.07) is -1.38. The summed E-state index contributed by atoms with van der Waals surface area (Å²) in [4.78, 5) is 29.7. The molecule has 0 aromatic heterocycles. The second-order valence-corrected chi connectivity index (χ2v) is 6.16. The van der Waals surface area contributed by atoms with E-state index in [9.17, 15) is 14.4 Å². The number of aliphatic carboxylic acids is 3. The Hall–Kier alpha value is 0.840. The summed E-state index contributed by atoms with van der Waals surface area (Å²) in [5, 5.41) is 32.4. The van der Waals surface area contributed by atoms with Gasteiger partial charge in [0, 0.05) is 0 Å². The van der Waals surface area contributed by atoms with Crippen LogP contribution < -0.4 is 11.5 Å². The van der Waals surface area contributed by atoms with Gasteiger partial charge in [0.2, 0.25) is 0 Å². The van der Waals surface area contributed by atoms with E-state index in [1.165, 1.54) is 6.92 Å². The Labute approximate surface area is 219 Å². The van der Waals surface area contributed by atoms with Crippen LogP contribution in [0, 0.1) is 11.8 Å². The van der Waals surface area contributed by atoms with E-state index in [4.69, 9.17) is 31.9 Å². The van der Waals surface area contributed by atoms with E-state index in [1.54, 1.807) is 0 Å². The molecule has 0 aliphatic rings. The molecule has 0 fully saturated rings. The van der Waals surface area contributed by atoms with Gasteiger partial charge in [-0.15, -0.1) is 12.4 Å². The first kappa shape index (κ1) is 42.0. The molecule has 12 heteroatoms. The third kappa shape index (κ3) is 38.1. The zero-order chi connectivity index (χ0) is 20.0. The van der Waals surface area contributed by atoms with E-state index in [1.807, 2.05) is 27.7 Å². The van der Waals surface area contributed by atoms with Gasteiger partial charge in [-0.25, -0.2) is 4.79 Å². The van der Waals surface area contributed by atoms with Gasteiger partial charge in [0.05, 0.1) is 0 Å². The van der Waals surface area contributed by atoms with Crippen LogP contribution in [0.1, 0.15) is 47.5 Å². The van der Waals surface area contributed by atoms with Crippen molar-refractivity contribution in [3.05, 3.63) is 0 Å². The van der Waals surface area contributed by atoms with Gasteiger partial charge >= 0.3 is 85.2 Å². The van der Waals surface area contributed by atoms with E-state index >= 15 is 0 Å². The molecule has 0 aliphatic carbocycles. The zero-order valence-electron chi connectivity index (χ0n) is 15.4. The summed E-state index contributed by atoms with van der Waals surface area (Å²) in [7, 11) is 0. The van der Waals surface area contributed by atoms with Gasteiger partial charge in [0.1, 0.15) is 18.2 Å². The number of rotatable bonds is 7. The van der Waals surface area contributed by atoms with Crippen LogP contribution >= 0.6 is 12.4 Å². The number of carbonyl (C=O) groups is 3. The van der Waals surface area contributed by atoms with Gasteiger partial charge in [0.15, 0.2) is 0 Å². The van der Waals surface area contributed by atoms with Gasteiger partial charge in [-0.3, -0.25) is 9.59 Å². The van der Waals surface area contributed by atoms with E-state index in [0.717, 1.165) is 0 Å². The SMILES string of the molecule is CC(C)C[C@H](N)C(=O)O.CC(C)C[C@H](N)C(=O)O.CC(O)C(=O)O.Cl.[CaH2].[NaH].